The Kier molecular flexibility index (Phi) is 4.54. The molecule has 1 fully saturated rings. The Morgan fingerprint density at radius 3 is 2.73 bits per heavy atom. The molecule has 4 nitrogen and oxygen atoms in total. The zero-order chi connectivity index (χ0) is 11.4. The van der Waals surface area contributed by atoms with Gasteiger partial charge in [-0.2, -0.15) is 0 Å². The highest BCUT2D eigenvalue weighted by molar-refractivity contribution is 5.69. The topological polar surface area (TPSA) is 49.8 Å². The molecular weight excluding hydrogens is 194 g/mol. The third-order valence-corrected chi connectivity index (χ3v) is 2.91. The summed E-state index contributed by atoms with van der Waals surface area (Å²) in [6.07, 6.45) is 2.13. The lowest BCUT2D eigenvalue weighted by Crippen LogP contribution is -2.47. The van der Waals surface area contributed by atoms with Crippen molar-refractivity contribution in [1.82, 2.24) is 4.90 Å². The summed E-state index contributed by atoms with van der Waals surface area (Å²) in [5.41, 5.74) is 0. The molecule has 1 N–H and O–H groups in total. The predicted octanol–water partition coefficient (Wildman–Crippen LogP) is 1.35. The maximum atomic E-state index is 10.8. The summed E-state index contributed by atoms with van der Waals surface area (Å²) in [6.45, 7) is 7.02. The average molecular weight is 215 g/mol. The number of hydrogen-bond acceptors (Lipinski definition) is 3. The van der Waals surface area contributed by atoms with Crippen molar-refractivity contribution in [2.45, 2.75) is 51.8 Å². The number of ether oxygens (including phenoxy) is 1. The molecule has 1 aliphatic rings. The molecule has 1 aliphatic heterocycles. The number of carboxylic acid groups (broad SMARTS) is 1. The van der Waals surface area contributed by atoms with Crippen molar-refractivity contribution in [2.75, 3.05) is 13.2 Å². The highest BCUT2D eigenvalue weighted by atomic mass is 16.5. The van der Waals surface area contributed by atoms with Crippen LogP contribution < -0.4 is 0 Å². The Hall–Kier alpha value is -0.610. The van der Waals surface area contributed by atoms with Crippen molar-refractivity contribution in [2.24, 2.45) is 0 Å². The quantitative estimate of drug-likeness (QED) is 0.769. The summed E-state index contributed by atoms with van der Waals surface area (Å²) in [7, 11) is 0. The molecule has 1 heterocycles. The number of rotatable bonds is 4. The molecule has 2 unspecified atom stereocenters. The third-order valence-electron chi connectivity index (χ3n) is 2.91. The second-order valence-corrected chi connectivity index (χ2v) is 4.52. The number of aliphatic carboxylic acids is 1. The molecule has 1 saturated heterocycles. The first-order chi connectivity index (χ1) is 7.00. The van der Waals surface area contributed by atoms with Gasteiger partial charge in [-0.05, 0) is 33.6 Å². The molecule has 0 aromatic carbocycles. The number of hydrogen-bond donors (Lipinski definition) is 1. The maximum absolute atomic E-state index is 10.8. The fourth-order valence-electron chi connectivity index (χ4n) is 2.17. The molecule has 0 radical (unpaired) electrons. The van der Waals surface area contributed by atoms with Gasteiger partial charge >= 0.3 is 5.97 Å². The highest BCUT2D eigenvalue weighted by Crippen LogP contribution is 2.20. The normalized spacial score (nSPS) is 27.3. The Labute approximate surface area is 91.2 Å². The van der Waals surface area contributed by atoms with Crippen molar-refractivity contribution in [3.63, 3.8) is 0 Å². The maximum Gasteiger partial charge on any atom is 0.317 e. The summed E-state index contributed by atoms with van der Waals surface area (Å²) >= 11 is 0. The SMILES string of the molecule is CC1CC(N(CC(=O)O)C(C)C)CCO1. The first-order valence-electron chi connectivity index (χ1n) is 5.60. The zero-order valence-electron chi connectivity index (χ0n) is 9.77. The van der Waals surface area contributed by atoms with Gasteiger partial charge in [0.1, 0.15) is 0 Å². The molecule has 0 bridgehead atoms. The molecule has 88 valence electrons. The Morgan fingerprint density at radius 2 is 2.27 bits per heavy atom. The molecule has 1 rings (SSSR count). The van der Waals surface area contributed by atoms with Gasteiger partial charge in [-0.3, -0.25) is 9.69 Å². The van der Waals surface area contributed by atoms with Gasteiger partial charge in [0.25, 0.3) is 0 Å². The van der Waals surface area contributed by atoms with E-state index in [-0.39, 0.29) is 18.7 Å². The van der Waals surface area contributed by atoms with E-state index >= 15 is 0 Å². The van der Waals surface area contributed by atoms with Gasteiger partial charge in [0.15, 0.2) is 0 Å². The van der Waals surface area contributed by atoms with E-state index in [2.05, 4.69) is 4.90 Å². The molecule has 0 aromatic rings. The zero-order valence-corrected chi connectivity index (χ0v) is 9.77. The van der Waals surface area contributed by atoms with E-state index in [0.29, 0.717) is 6.04 Å². The van der Waals surface area contributed by atoms with Crippen molar-refractivity contribution < 1.29 is 14.6 Å². The molecule has 0 aromatic heterocycles. The van der Waals surface area contributed by atoms with Crippen LogP contribution in [0.4, 0.5) is 0 Å². The first-order valence-corrected chi connectivity index (χ1v) is 5.60. The minimum atomic E-state index is -0.747. The van der Waals surface area contributed by atoms with Crippen LogP contribution in [0, 0.1) is 0 Å². The lowest BCUT2D eigenvalue weighted by atomic mass is 10.0. The Bertz CT molecular complexity index is 218. The lowest BCUT2D eigenvalue weighted by molar-refractivity contribution is -0.140. The fraction of sp³-hybridized carbons (Fsp3) is 0.909. The van der Waals surface area contributed by atoms with Gasteiger partial charge in [0.05, 0.1) is 12.6 Å². The molecule has 0 spiro atoms. The molecule has 0 amide bonds. The van der Waals surface area contributed by atoms with Crippen LogP contribution in [0.25, 0.3) is 0 Å². The second-order valence-electron chi connectivity index (χ2n) is 4.52. The fourth-order valence-corrected chi connectivity index (χ4v) is 2.17. The summed E-state index contributed by atoms with van der Waals surface area (Å²) in [5, 5.41) is 8.86. The van der Waals surface area contributed by atoms with Crippen molar-refractivity contribution in [3.8, 4) is 0 Å². The van der Waals surface area contributed by atoms with E-state index in [1.807, 2.05) is 20.8 Å². The van der Waals surface area contributed by atoms with Crippen molar-refractivity contribution in [3.05, 3.63) is 0 Å². The number of carboxylic acids is 1. The van der Waals surface area contributed by atoms with Crippen molar-refractivity contribution >= 4 is 5.97 Å². The standard InChI is InChI=1S/C11H21NO3/c1-8(2)12(7-11(13)14)10-4-5-15-9(3)6-10/h8-10H,4-7H2,1-3H3,(H,13,14). The number of carbonyl (C=O) groups is 1. The summed E-state index contributed by atoms with van der Waals surface area (Å²) in [5.74, 6) is -0.747. The van der Waals surface area contributed by atoms with Crippen LogP contribution in [0.15, 0.2) is 0 Å². The van der Waals surface area contributed by atoms with E-state index < -0.39 is 5.97 Å². The molecule has 0 aliphatic carbocycles. The van der Waals surface area contributed by atoms with Gasteiger partial charge in [-0.1, -0.05) is 0 Å². The van der Waals surface area contributed by atoms with E-state index in [9.17, 15) is 4.79 Å². The molecule has 0 saturated carbocycles. The average Bonchev–Trinajstić information content (AvgIpc) is 2.13. The second kappa shape index (κ2) is 5.47. The van der Waals surface area contributed by atoms with Crippen LogP contribution in [0.2, 0.25) is 0 Å². The van der Waals surface area contributed by atoms with Gasteiger partial charge in [0.2, 0.25) is 0 Å². The predicted molar refractivity (Wildman–Crippen MR) is 57.9 cm³/mol. The van der Waals surface area contributed by atoms with Crippen LogP contribution in [-0.2, 0) is 9.53 Å². The highest BCUT2D eigenvalue weighted by Gasteiger charge is 2.27. The van der Waals surface area contributed by atoms with Gasteiger partial charge in [-0.15, -0.1) is 0 Å². The summed E-state index contributed by atoms with van der Waals surface area (Å²) in [4.78, 5) is 12.8. The summed E-state index contributed by atoms with van der Waals surface area (Å²) < 4.78 is 5.47. The van der Waals surface area contributed by atoms with Crippen LogP contribution in [0.1, 0.15) is 33.6 Å². The van der Waals surface area contributed by atoms with Gasteiger partial charge < -0.3 is 9.84 Å². The van der Waals surface area contributed by atoms with E-state index in [1.54, 1.807) is 0 Å². The lowest BCUT2D eigenvalue weighted by Gasteiger charge is -2.38. The largest absolute Gasteiger partial charge is 0.480 e. The summed E-state index contributed by atoms with van der Waals surface area (Å²) in [6, 6.07) is 0.626. The van der Waals surface area contributed by atoms with E-state index in [4.69, 9.17) is 9.84 Å². The minimum Gasteiger partial charge on any atom is -0.480 e. The molecule has 2 atom stereocenters. The van der Waals surface area contributed by atoms with E-state index in [0.717, 1.165) is 19.4 Å². The van der Waals surface area contributed by atoms with Crippen LogP contribution >= 0.6 is 0 Å². The van der Waals surface area contributed by atoms with E-state index in [1.165, 1.54) is 0 Å². The van der Waals surface area contributed by atoms with Crippen molar-refractivity contribution in [1.29, 1.82) is 0 Å². The van der Waals surface area contributed by atoms with Gasteiger partial charge in [0, 0.05) is 18.7 Å². The first kappa shape index (κ1) is 12.5. The minimum absolute atomic E-state index is 0.134. The molecular formula is C11H21NO3. The molecule has 15 heavy (non-hydrogen) atoms. The van der Waals surface area contributed by atoms with Gasteiger partial charge in [-0.25, -0.2) is 0 Å². The Morgan fingerprint density at radius 1 is 1.60 bits per heavy atom. The van der Waals surface area contributed by atoms with Crippen LogP contribution in [0.3, 0.4) is 0 Å². The number of nitrogens with zero attached hydrogens (tertiary/aromatic N) is 1. The molecule has 4 heteroatoms. The van der Waals surface area contributed by atoms with Crippen LogP contribution in [-0.4, -0.2) is 47.3 Å². The van der Waals surface area contributed by atoms with Crippen LogP contribution in [0.5, 0.6) is 0 Å². The Balaban J connectivity index is 2.57. The monoisotopic (exact) mass is 215 g/mol. The smallest absolute Gasteiger partial charge is 0.317 e. The third kappa shape index (κ3) is 3.80.